The molecule has 0 spiro atoms. The number of benzene rings is 2. The summed E-state index contributed by atoms with van der Waals surface area (Å²) in [6, 6.07) is 8.80. The number of hydrogen-bond donors (Lipinski definition) is 1. The minimum absolute atomic E-state index is 0.0421. The van der Waals surface area contributed by atoms with Crippen molar-refractivity contribution < 1.29 is 22.0 Å². The number of carbonyl (C=O) groups is 1. The van der Waals surface area contributed by atoms with Gasteiger partial charge in [-0.15, -0.1) is 0 Å². The lowest BCUT2D eigenvalue weighted by atomic mass is 10.2. The first-order valence-electron chi connectivity index (χ1n) is 7.34. The number of carbonyl (C=O) groups excluding carboxylic acids is 1. The van der Waals surface area contributed by atoms with Crippen molar-refractivity contribution in [3.8, 4) is 0 Å². The highest BCUT2D eigenvalue weighted by Gasteiger charge is 2.61. The van der Waals surface area contributed by atoms with Gasteiger partial charge in [-0.3, -0.25) is 4.79 Å². The van der Waals surface area contributed by atoms with Crippen LogP contribution in [-0.4, -0.2) is 19.1 Å². The Morgan fingerprint density at radius 3 is 2.29 bits per heavy atom. The van der Waals surface area contributed by atoms with Gasteiger partial charge in [0.1, 0.15) is 11.6 Å². The first-order valence-corrected chi connectivity index (χ1v) is 8.82. The summed E-state index contributed by atoms with van der Waals surface area (Å²) in [7, 11) is -3.91. The van der Waals surface area contributed by atoms with Crippen molar-refractivity contribution in [1.82, 2.24) is 0 Å². The van der Waals surface area contributed by atoms with Crippen molar-refractivity contribution in [3.63, 3.8) is 0 Å². The fourth-order valence-electron chi connectivity index (χ4n) is 2.50. The predicted octanol–water partition coefficient (Wildman–Crippen LogP) is 3.22. The van der Waals surface area contributed by atoms with E-state index in [2.05, 4.69) is 5.32 Å². The van der Waals surface area contributed by atoms with Crippen molar-refractivity contribution in [2.24, 2.45) is 0 Å². The molecule has 126 valence electrons. The zero-order valence-corrected chi connectivity index (χ0v) is 13.7. The number of halogens is 2. The highest BCUT2D eigenvalue weighted by molar-refractivity contribution is 7.94. The van der Waals surface area contributed by atoms with Crippen molar-refractivity contribution in [2.45, 2.75) is 29.4 Å². The number of amides is 1. The molecule has 1 saturated carbocycles. The Bertz CT molecular complexity index is 904. The molecule has 1 fully saturated rings. The average Bonchev–Trinajstić information content (AvgIpc) is 3.33. The SMILES string of the molecule is Cc1ccc(S(=O)(=O)C2(C(=O)Nc3cc(F)ccc3F)CC2)cc1. The summed E-state index contributed by atoms with van der Waals surface area (Å²) in [5.74, 6) is -2.39. The van der Waals surface area contributed by atoms with Crippen LogP contribution in [0.3, 0.4) is 0 Å². The van der Waals surface area contributed by atoms with E-state index in [4.69, 9.17) is 0 Å². The lowest BCUT2D eigenvalue weighted by molar-refractivity contribution is -0.116. The van der Waals surface area contributed by atoms with Crippen LogP contribution in [0.1, 0.15) is 18.4 Å². The van der Waals surface area contributed by atoms with Crippen molar-refractivity contribution in [3.05, 3.63) is 59.7 Å². The maximum Gasteiger partial charge on any atom is 0.246 e. The molecular formula is C17H15F2NO3S. The van der Waals surface area contributed by atoms with E-state index in [9.17, 15) is 22.0 Å². The summed E-state index contributed by atoms with van der Waals surface area (Å²) >= 11 is 0. The third-order valence-electron chi connectivity index (χ3n) is 4.14. The second kappa shape index (κ2) is 5.66. The zero-order chi connectivity index (χ0) is 17.5. The molecule has 7 heteroatoms. The van der Waals surface area contributed by atoms with Gasteiger partial charge in [-0.1, -0.05) is 17.7 Å². The van der Waals surface area contributed by atoms with Gasteiger partial charge in [0.05, 0.1) is 10.6 Å². The second-order valence-electron chi connectivity index (χ2n) is 5.89. The van der Waals surface area contributed by atoms with Crippen molar-refractivity contribution >= 4 is 21.4 Å². The van der Waals surface area contributed by atoms with Crippen LogP contribution in [0.25, 0.3) is 0 Å². The quantitative estimate of drug-likeness (QED) is 0.920. The van der Waals surface area contributed by atoms with Crippen LogP contribution < -0.4 is 5.32 Å². The van der Waals surface area contributed by atoms with Gasteiger partial charge in [-0.2, -0.15) is 0 Å². The molecule has 0 radical (unpaired) electrons. The highest BCUT2D eigenvalue weighted by atomic mass is 32.2. The van der Waals surface area contributed by atoms with Crippen LogP contribution in [0.2, 0.25) is 0 Å². The fourth-order valence-corrected chi connectivity index (χ4v) is 4.38. The zero-order valence-electron chi connectivity index (χ0n) is 12.8. The second-order valence-corrected chi connectivity index (χ2v) is 8.15. The maximum atomic E-state index is 13.7. The predicted molar refractivity (Wildman–Crippen MR) is 85.3 cm³/mol. The van der Waals surface area contributed by atoms with Crippen molar-refractivity contribution in [2.75, 3.05) is 5.32 Å². The molecule has 0 saturated heterocycles. The molecule has 1 N–H and O–H groups in total. The standard InChI is InChI=1S/C17H15F2NO3S/c1-11-2-5-13(6-3-11)24(22,23)17(8-9-17)16(21)20-15-10-12(18)4-7-14(15)19/h2-7,10H,8-9H2,1H3,(H,20,21). The van der Waals surface area contributed by atoms with Gasteiger partial charge >= 0.3 is 0 Å². The molecule has 24 heavy (non-hydrogen) atoms. The number of sulfone groups is 1. The van der Waals surface area contributed by atoms with E-state index < -0.39 is 32.1 Å². The molecule has 3 rings (SSSR count). The summed E-state index contributed by atoms with van der Waals surface area (Å²) in [6.07, 6.45) is 0.290. The van der Waals surface area contributed by atoms with Gasteiger partial charge in [-0.25, -0.2) is 17.2 Å². The van der Waals surface area contributed by atoms with E-state index in [0.717, 1.165) is 23.8 Å². The van der Waals surface area contributed by atoms with Crippen molar-refractivity contribution in [1.29, 1.82) is 0 Å². The number of nitrogens with one attached hydrogen (secondary N) is 1. The molecule has 1 aliphatic rings. The molecule has 0 heterocycles. The average molecular weight is 351 g/mol. The number of rotatable bonds is 4. The van der Waals surface area contributed by atoms with E-state index in [1.54, 1.807) is 12.1 Å². The number of hydrogen-bond acceptors (Lipinski definition) is 3. The minimum Gasteiger partial charge on any atom is -0.322 e. The van der Waals surface area contributed by atoms with Gasteiger partial charge in [-0.05, 0) is 44.0 Å². The molecule has 0 aliphatic heterocycles. The molecule has 4 nitrogen and oxygen atoms in total. The number of aryl methyl sites for hydroxylation is 1. The Hall–Kier alpha value is -2.28. The number of anilines is 1. The molecule has 0 unspecified atom stereocenters. The summed E-state index contributed by atoms with van der Waals surface area (Å²) in [5, 5.41) is 2.21. The van der Waals surface area contributed by atoms with E-state index in [1.165, 1.54) is 12.1 Å². The lowest BCUT2D eigenvalue weighted by Gasteiger charge is -2.17. The van der Waals surface area contributed by atoms with Gasteiger partial charge in [0.2, 0.25) is 5.91 Å². The Morgan fingerprint density at radius 1 is 1.08 bits per heavy atom. The smallest absolute Gasteiger partial charge is 0.246 e. The molecule has 2 aromatic carbocycles. The Kier molecular flexibility index (Phi) is 3.91. The van der Waals surface area contributed by atoms with Gasteiger partial charge in [0, 0.05) is 6.07 Å². The van der Waals surface area contributed by atoms with E-state index in [1.807, 2.05) is 6.92 Å². The van der Waals surface area contributed by atoms with Crippen LogP contribution in [0, 0.1) is 18.6 Å². The van der Waals surface area contributed by atoms with Crippen LogP contribution in [0.5, 0.6) is 0 Å². The minimum atomic E-state index is -3.91. The topological polar surface area (TPSA) is 63.2 Å². The summed E-state index contributed by atoms with van der Waals surface area (Å²) in [4.78, 5) is 12.5. The summed E-state index contributed by atoms with van der Waals surface area (Å²) in [6.45, 7) is 1.82. The van der Waals surface area contributed by atoms with Gasteiger partial charge in [0.15, 0.2) is 14.6 Å². The van der Waals surface area contributed by atoms with E-state index in [0.29, 0.717) is 0 Å². The molecule has 0 atom stereocenters. The highest BCUT2D eigenvalue weighted by Crippen LogP contribution is 2.47. The normalized spacial score (nSPS) is 15.8. The van der Waals surface area contributed by atoms with Crippen LogP contribution in [0.4, 0.5) is 14.5 Å². The fraction of sp³-hybridized carbons (Fsp3) is 0.235. The Morgan fingerprint density at radius 2 is 1.71 bits per heavy atom. The van der Waals surface area contributed by atoms with Gasteiger partial charge < -0.3 is 5.32 Å². The largest absolute Gasteiger partial charge is 0.322 e. The third-order valence-corrected chi connectivity index (χ3v) is 6.66. The summed E-state index contributed by atoms with van der Waals surface area (Å²) in [5.41, 5.74) is 0.524. The summed E-state index contributed by atoms with van der Waals surface area (Å²) < 4.78 is 50.8. The molecule has 1 amide bonds. The van der Waals surface area contributed by atoms with Gasteiger partial charge in [0.25, 0.3) is 0 Å². The maximum absolute atomic E-state index is 13.7. The Balaban J connectivity index is 1.91. The first kappa shape index (κ1) is 16.6. The molecule has 1 aliphatic carbocycles. The molecular weight excluding hydrogens is 336 g/mol. The van der Waals surface area contributed by atoms with E-state index >= 15 is 0 Å². The lowest BCUT2D eigenvalue weighted by Crippen LogP contribution is -2.37. The third kappa shape index (κ3) is 2.69. The first-order chi connectivity index (χ1) is 11.3. The van der Waals surface area contributed by atoms with Crippen LogP contribution >= 0.6 is 0 Å². The molecule has 0 bridgehead atoms. The monoisotopic (exact) mass is 351 g/mol. The molecule has 2 aromatic rings. The van der Waals surface area contributed by atoms with Crippen LogP contribution in [0.15, 0.2) is 47.4 Å². The van der Waals surface area contributed by atoms with Crippen LogP contribution in [-0.2, 0) is 14.6 Å². The molecule has 0 aromatic heterocycles. The van der Waals surface area contributed by atoms with E-state index in [-0.39, 0.29) is 23.4 Å². The Labute approximate surface area is 138 Å².